The molecule has 2 aromatic rings. The average molecular weight is 274 g/mol. The second-order valence-corrected chi connectivity index (χ2v) is 6.01. The predicted molar refractivity (Wildman–Crippen MR) is 77.4 cm³/mol. The summed E-state index contributed by atoms with van der Waals surface area (Å²) in [4.78, 5) is 16.7. The molecular formula is C16H19FN2O. The summed E-state index contributed by atoms with van der Waals surface area (Å²) in [6.45, 7) is 5.97. The standard InChI is InChI=1S/C16H19FN2O/c1-16(2,3)13-10-18-14(19(4)15(13)20)9-11-5-7-12(17)8-6-11/h5-8,10H,9H2,1-4H3. The van der Waals surface area contributed by atoms with Gasteiger partial charge in [0.1, 0.15) is 11.6 Å². The zero-order valence-electron chi connectivity index (χ0n) is 12.3. The van der Waals surface area contributed by atoms with Gasteiger partial charge in [0, 0.05) is 25.2 Å². The van der Waals surface area contributed by atoms with E-state index in [-0.39, 0.29) is 16.8 Å². The van der Waals surface area contributed by atoms with Gasteiger partial charge in [0.25, 0.3) is 5.56 Å². The number of aromatic nitrogens is 2. The third-order valence-electron chi connectivity index (χ3n) is 3.35. The molecule has 2 rings (SSSR count). The molecule has 0 N–H and O–H groups in total. The molecule has 0 saturated heterocycles. The Morgan fingerprint density at radius 3 is 2.35 bits per heavy atom. The number of nitrogens with zero attached hydrogens (tertiary/aromatic N) is 2. The Bertz CT molecular complexity index is 666. The van der Waals surface area contributed by atoms with Crippen molar-refractivity contribution < 1.29 is 4.39 Å². The molecule has 1 heterocycles. The number of hydrogen-bond donors (Lipinski definition) is 0. The summed E-state index contributed by atoms with van der Waals surface area (Å²) >= 11 is 0. The molecule has 0 aliphatic carbocycles. The van der Waals surface area contributed by atoms with E-state index in [1.54, 1.807) is 29.9 Å². The normalized spacial score (nSPS) is 11.7. The first-order chi connectivity index (χ1) is 9.29. The summed E-state index contributed by atoms with van der Waals surface area (Å²) in [5.74, 6) is 0.410. The van der Waals surface area contributed by atoms with Gasteiger partial charge in [-0.05, 0) is 23.1 Å². The molecule has 3 nitrogen and oxygen atoms in total. The van der Waals surface area contributed by atoms with Crippen LogP contribution in [0.2, 0.25) is 0 Å². The van der Waals surface area contributed by atoms with E-state index < -0.39 is 0 Å². The Morgan fingerprint density at radius 2 is 1.80 bits per heavy atom. The molecule has 20 heavy (non-hydrogen) atoms. The highest BCUT2D eigenvalue weighted by Gasteiger charge is 2.20. The molecule has 0 bridgehead atoms. The molecule has 0 aliphatic rings. The lowest BCUT2D eigenvalue weighted by Gasteiger charge is -2.19. The monoisotopic (exact) mass is 274 g/mol. The first-order valence-electron chi connectivity index (χ1n) is 6.59. The maximum Gasteiger partial charge on any atom is 0.256 e. The highest BCUT2D eigenvalue weighted by Crippen LogP contribution is 2.18. The molecule has 1 aromatic heterocycles. The molecule has 0 aliphatic heterocycles. The molecular weight excluding hydrogens is 255 g/mol. The summed E-state index contributed by atoms with van der Waals surface area (Å²) in [7, 11) is 1.73. The van der Waals surface area contributed by atoms with Crippen LogP contribution in [0.1, 0.15) is 37.7 Å². The van der Waals surface area contributed by atoms with Crippen molar-refractivity contribution in [3.63, 3.8) is 0 Å². The maximum absolute atomic E-state index is 12.9. The van der Waals surface area contributed by atoms with Crippen molar-refractivity contribution in [3.8, 4) is 0 Å². The van der Waals surface area contributed by atoms with Gasteiger partial charge in [0.15, 0.2) is 0 Å². The fraction of sp³-hybridized carbons (Fsp3) is 0.375. The molecule has 0 unspecified atom stereocenters. The topological polar surface area (TPSA) is 34.9 Å². The van der Waals surface area contributed by atoms with Crippen molar-refractivity contribution in [2.24, 2.45) is 7.05 Å². The van der Waals surface area contributed by atoms with E-state index in [0.717, 1.165) is 5.56 Å². The number of halogens is 1. The van der Waals surface area contributed by atoms with Gasteiger partial charge in [0.05, 0.1) is 0 Å². The van der Waals surface area contributed by atoms with Gasteiger partial charge in [-0.2, -0.15) is 0 Å². The molecule has 0 fully saturated rings. The van der Waals surface area contributed by atoms with Crippen LogP contribution < -0.4 is 5.56 Å². The van der Waals surface area contributed by atoms with E-state index in [0.29, 0.717) is 17.8 Å². The third kappa shape index (κ3) is 2.95. The third-order valence-corrected chi connectivity index (χ3v) is 3.35. The quantitative estimate of drug-likeness (QED) is 0.844. The van der Waals surface area contributed by atoms with Crippen LogP contribution in [0.3, 0.4) is 0 Å². The Kier molecular flexibility index (Phi) is 3.75. The number of hydrogen-bond acceptors (Lipinski definition) is 2. The second-order valence-electron chi connectivity index (χ2n) is 6.01. The molecule has 106 valence electrons. The molecule has 0 radical (unpaired) electrons. The van der Waals surface area contributed by atoms with E-state index in [4.69, 9.17) is 0 Å². The lowest BCUT2D eigenvalue weighted by molar-refractivity contribution is 0.562. The Balaban J connectivity index is 2.37. The smallest absolute Gasteiger partial charge is 0.256 e. The summed E-state index contributed by atoms with van der Waals surface area (Å²) in [5, 5.41) is 0. The minimum atomic E-state index is -0.265. The minimum Gasteiger partial charge on any atom is -0.299 e. The first-order valence-corrected chi connectivity index (χ1v) is 6.59. The van der Waals surface area contributed by atoms with Gasteiger partial charge in [-0.15, -0.1) is 0 Å². The van der Waals surface area contributed by atoms with E-state index in [9.17, 15) is 9.18 Å². The van der Waals surface area contributed by atoms with E-state index in [2.05, 4.69) is 4.98 Å². The lowest BCUT2D eigenvalue weighted by atomic mass is 9.89. The van der Waals surface area contributed by atoms with Crippen LogP contribution in [-0.4, -0.2) is 9.55 Å². The average Bonchev–Trinajstić information content (AvgIpc) is 2.36. The summed E-state index contributed by atoms with van der Waals surface area (Å²) in [6, 6.07) is 6.24. The van der Waals surface area contributed by atoms with Crippen molar-refractivity contribution in [2.45, 2.75) is 32.6 Å². The van der Waals surface area contributed by atoms with Gasteiger partial charge < -0.3 is 0 Å². The van der Waals surface area contributed by atoms with E-state index >= 15 is 0 Å². The predicted octanol–water partition coefficient (Wildman–Crippen LogP) is 2.81. The van der Waals surface area contributed by atoms with Crippen molar-refractivity contribution in [2.75, 3.05) is 0 Å². The zero-order chi connectivity index (χ0) is 14.9. The zero-order valence-corrected chi connectivity index (χ0v) is 12.3. The van der Waals surface area contributed by atoms with E-state index in [1.807, 2.05) is 20.8 Å². The van der Waals surface area contributed by atoms with Gasteiger partial charge in [0.2, 0.25) is 0 Å². The SMILES string of the molecule is Cn1c(Cc2ccc(F)cc2)ncc(C(C)(C)C)c1=O. The van der Waals surface area contributed by atoms with Crippen LogP contribution in [0, 0.1) is 5.82 Å². The van der Waals surface area contributed by atoms with Crippen LogP contribution in [0.15, 0.2) is 35.3 Å². The Morgan fingerprint density at radius 1 is 1.20 bits per heavy atom. The maximum atomic E-state index is 12.9. The summed E-state index contributed by atoms with van der Waals surface area (Å²) < 4.78 is 14.5. The second kappa shape index (κ2) is 5.19. The van der Waals surface area contributed by atoms with E-state index in [1.165, 1.54) is 12.1 Å². The van der Waals surface area contributed by atoms with Crippen LogP contribution >= 0.6 is 0 Å². The molecule has 0 spiro atoms. The van der Waals surface area contributed by atoms with Crippen molar-refractivity contribution in [1.82, 2.24) is 9.55 Å². The highest BCUT2D eigenvalue weighted by atomic mass is 19.1. The minimum absolute atomic E-state index is 0.0235. The fourth-order valence-electron chi connectivity index (χ4n) is 2.04. The van der Waals surface area contributed by atoms with Gasteiger partial charge in [-0.3, -0.25) is 9.36 Å². The van der Waals surface area contributed by atoms with Gasteiger partial charge >= 0.3 is 0 Å². The summed E-state index contributed by atoms with van der Waals surface area (Å²) in [6.07, 6.45) is 2.16. The molecule has 0 saturated carbocycles. The summed E-state index contributed by atoms with van der Waals surface area (Å²) in [5.41, 5.74) is 1.38. The van der Waals surface area contributed by atoms with Crippen LogP contribution in [-0.2, 0) is 18.9 Å². The largest absolute Gasteiger partial charge is 0.299 e. The van der Waals surface area contributed by atoms with Crippen LogP contribution in [0.25, 0.3) is 0 Å². The molecule has 0 amide bonds. The Hall–Kier alpha value is -1.97. The van der Waals surface area contributed by atoms with Crippen molar-refractivity contribution in [1.29, 1.82) is 0 Å². The van der Waals surface area contributed by atoms with Crippen molar-refractivity contribution in [3.05, 3.63) is 63.6 Å². The molecule has 4 heteroatoms. The molecule has 0 atom stereocenters. The van der Waals surface area contributed by atoms with Gasteiger partial charge in [-0.25, -0.2) is 9.37 Å². The van der Waals surface area contributed by atoms with Crippen LogP contribution in [0.5, 0.6) is 0 Å². The van der Waals surface area contributed by atoms with Crippen molar-refractivity contribution >= 4 is 0 Å². The molecule has 1 aromatic carbocycles. The number of rotatable bonds is 2. The fourth-order valence-corrected chi connectivity index (χ4v) is 2.04. The lowest BCUT2D eigenvalue weighted by Crippen LogP contribution is -2.31. The highest BCUT2D eigenvalue weighted by molar-refractivity contribution is 5.22. The number of benzene rings is 1. The van der Waals surface area contributed by atoms with Gasteiger partial charge in [-0.1, -0.05) is 32.9 Å². The van der Waals surface area contributed by atoms with Crippen LogP contribution in [0.4, 0.5) is 4.39 Å². The first kappa shape index (κ1) is 14.4. The Labute approximate surface area is 118 Å².